The summed E-state index contributed by atoms with van der Waals surface area (Å²) in [6.45, 7) is 4.50. The highest BCUT2D eigenvalue weighted by Crippen LogP contribution is 2.43. The minimum atomic E-state index is -0.407. The molecule has 0 radical (unpaired) electrons. The van der Waals surface area contributed by atoms with Gasteiger partial charge in [-0.2, -0.15) is 0 Å². The van der Waals surface area contributed by atoms with Crippen molar-refractivity contribution in [2.45, 2.75) is 38.3 Å². The quantitative estimate of drug-likeness (QED) is 0.254. The summed E-state index contributed by atoms with van der Waals surface area (Å²) < 4.78 is 5.52. The van der Waals surface area contributed by atoms with Crippen LogP contribution in [0, 0.1) is 22.0 Å². The summed E-state index contributed by atoms with van der Waals surface area (Å²) in [4.78, 5) is 17.8. The van der Waals surface area contributed by atoms with Crippen molar-refractivity contribution in [3.63, 3.8) is 0 Å². The van der Waals surface area contributed by atoms with Crippen molar-refractivity contribution in [3.8, 4) is 5.75 Å². The lowest BCUT2D eigenvalue weighted by molar-refractivity contribution is -0.384. The lowest BCUT2D eigenvalue weighted by Gasteiger charge is -2.52. The van der Waals surface area contributed by atoms with Gasteiger partial charge in [-0.15, -0.1) is 0 Å². The predicted octanol–water partition coefficient (Wildman–Crippen LogP) is 5.30. The number of thiocarbonyl (C=S) groups is 1. The van der Waals surface area contributed by atoms with E-state index in [9.17, 15) is 10.1 Å². The number of pyridine rings is 1. The maximum atomic E-state index is 11.0. The van der Waals surface area contributed by atoms with Gasteiger partial charge in [0.2, 0.25) is 0 Å². The number of hydrogen-bond donors (Lipinski definition) is 2. The zero-order chi connectivity index (χ0) is 25.2. The van der Waals surface area contributed by atoms with Crippen LogP contribution in [0.1, 0.15) is 37.8 Å². The first-order chi connectivity index (χ1) is 17.5. The molecule has 4 heterocycles. The van der Waals surface area contributed by atoms with Gasteiger partial charge in [0.15, 0.2) is 5.11 Å². The largest absolute Gasteiger partial charge is 0.497 e. The Morgan fingerprint density at radius 2 is 2.08 bits per heavy atom. The number of aromatic nitrogens is 1. The molecule has 6 rings (SSSR count). The zero-order valence-electron chi connectivity index (χ0n) is 20.5. The molecule has 0 saturated carbocycles. The number of fused-ring (bicyclic) bond motifs is 4. The lowest BCUT2D eigenvalue weighted by Crippen LogP contribution is -2.58. The van der Waals surface area contributed by atoms with E-state index < -0.39 is 4.92 Å². The number of ether oxygens (including phenoxy) is 1. The van der Waals surface area contributed by atoms with Gasteiger partial charge < -0.3 is 15.4 Å². The molecular formula is C27H31N5O3S. The fourth-order valence-electron chi connectivity index (χ4n) is 5.89. The summed E-state index contributed by atoms with van der Waals surface area (Å²) in [5.41, 5.74) is 2.80. The molecule has 36 heavy (non-hydrogen) atoms. The Kier molecular flexibility index (Phi) is 7.02. The number of hydrogen-bond acceptors (Lipinski definition) is 6. The average Bonchev–Trinajstić information content (AvgIpc) is 2.91. The molecule has 2 N–H and O–H groups in total. The number of nitrogens with one attached hydrogen (secondary N) is 2. The predicted molar refractivity (Wildman–Crippen MR) is 145 cm³/mol. The zero-order valence-corrected chi connectivity index (χ0v) is 21.3. The third-order valence-corrected chi connectivity index (χ3v) is 8.01. The molecule has 5 atom stereocenters. The van der Waals surface area contributed by atoms with E-state index in [2.05, 4.69) is 33.5 Å². The highest BCUT2D eigenvalue weighted by atomic mass is 32.1. The van der Waals surface area contributed by atoms with E-state index in [1.807, 2.05) is 24.4 Å². The van der Waals surface area contributed by atoms with Gasteiger partial charge in [0.25, 0.3) is 5.69 Å². The third-order valence-electron chi connectivity index (χ3n) is 7.79. The van der Waals surface area contributed by atoms with E-state index in [-0.39, 0.29) is 11.7 Å². The number of benzene rings is 2. The fourth-order valence-corrected chi connectivity index (χ4v) is 6.13. The van der Waals surface area contributed by atoms with Gasteiger partial charge in [-0.25, -0.2) is 0 Å². The molecule has 2 bridgehead atoms. The van der Waals surface area contributed by atoms with Crippen LogP contribution < -0.4 is 15.4 Å². The van der Waals surface area contributed by atoms with Crippen LogP contribution in [0.2, 0.25) is 0 Å². The molecule has 3 aliphatic rings. The van der Waals surface area contributed by atoms with E-state index in [0.717, 1.165) is 47.6 Å². The van der Waals surface area contributed by atoms with Gasteiger partial charge in [0.1, 0.15) is 5.75 Å². The molecule has 0 amide bonds. The number of methoxy groups -OCH3 is 1. The van der Waals surface area contributed by atoms with E-state index in [4.69, 9.17) is 17.0 Å². The van der Waals surface area contributed by atoms with Crippen LogP contribution in [-0.4, -0.2) is 46.2 Å². The van der Waals surface area contributed by atoms with Crippen molar-refractivity contribution >= 4 is 39.6 Å². The first-order valence-corrected chi connectivity index (χ1v) is 12.9. The number of nitrogens with zero attached hydrogens (tertiary/aromatic N) is 3. The van der Waals surface area contributed by atoms with Gasteiger partial charge in [0, 0.05) is 42.0 Å². The molecule has 1 aromatic heterocycles. The number of piperidine rings is 3. The number of rotatable bonds is 7. The van der Waals surface area contributed by atoms with Crippen molar-refractivity contribution in [1.29, 1.82) is 0 Å². The molecule has 1 unspecified atom stereocenters. The lowest BCUT2D eigenvalue weighted by atomic mass is 9.72. The van der Waals surface area contributed by atoms with Crippen molar-refractivity contribution in [3.05, 3.63) is 70.4 Å². The van der Waals surface area contributed by atoms with Gasteiger partial charge in [-0.05, 0) is 85.4 Å². The molecule has 2 aromatic carbocycles. The Hall–Kier alpha value is -3.30. The second kappa shape index (κ2) is 10.4. The molecule has 3 aliphatic heterocycles. The fraction of sp³-hybridized carbons (Fsp3) is 0.407. The third kappa shape index (κ3) is 4.85. The van der Waals surface area contributed by atoms with Crippen molar-refractivity contribution < 1.29 is 9.66 Å². The van der Waals surface area contributed by atoms with Gasteiger partial charge in [-0.3, -0.25) is 20.0 Å². The van der Waals surface area contributed by atoms with Crippen LogP contribution in [0.25, 0.3) is 10.9 Å². The number of nitro groups is 1. The van der Waals surface area contributed by atoms with Crippen molar-refractivity contribution in [1.82, 2.24) is 15.2 Å². The summed E-state index contributed by atoms with van der Waals surface area (Å²) in [6, 6.07) is 14.6. The Balaban J connectivity index is 1.47. The van der Waals surface area contributed by atoms with Gasteiger partial charge in [0.05, 0.1) is 23.6 Å². The van der Waals surface area contributed by atoms with Crippen LogP contribution in [0.3, 0.4) is 0 Å². The normalized spacial score (nSPS) is 23.7. The maximum Gasteiger partial charge on any atom is 0.269 e. The number of nitro benzene ring substituents is 1. The Bertz CT molecular complexity index is 1270. The summed E-state index contributed by atoms with van der Waals surface area (Å²) in [5.74, 6) is 2.25. The van der Waals surface area contributed by atoms with E-state index >= 15 is 0 Å². The molecule has 3 saturated heterocycles. The van der Waals surface area contributed by atoms with Gasteiger partial charge >= 0.3 is 0 Å². The molecular weight excluding hydrogens is 474 g/mol. The summed E-state index contributed by atoms with van der Waals surface area (Å²) in [5, 5.41) is 19.4. The Labute approximate surface area is 216 Å². The van der Waals surface area contributed by atoms with Crippen molar-refractivity contribution in [2.75, 3.05) is 25.5 Å². The minimum absolute atomic E-state index is 0.0472. The SMILES string of the molecule is CC[C@H]1CN2CC[C@H]1C[C@@H]2[C@@H](NC(=S)Nc1ccc([N+](=O)[O-])cc1)c1ccnc2ccc(OC)cc12. The van der Waals surface area contributed by atoms with E-state index in [0.29, 0.717) is 22.8 Å². The molecule has 0 aliphatic carbocycles. The number of non-ortho nitro benzene ring substituents is 1. The second-order valence-corrected chi connectivity index (χ2v) is 10.1. The molecule has 3 fully saturated rings. The Morgan fingerprint density at radius 1 is 1.28 bits per heavy atom. The summed E-state index contributed by atoms with van der Waals surface area (Å²) in [6.07, 6.45) is 5.43. The Morgan fingerprint density at radius 3 is 2.75 bits per heavy atom. The van der Waals surface area contributed by atoms with Crippen LogP contribution in [0.4, 0.5) is 11.4 Å². The summed E-state index contributed by atoms with van der Waals surface area (Å²) in [7, 11) is 1.67. The van der Waals surface area contributed by atoms with Gasteiger partial charge in [-0.1, -0.05) is 13.3 Å². The van der Waals surface area contributed by atoms with E-state index in [1.54, 1.807) is 19.2 Å². The molecule has 188 valence electrons. The second-order valence-electron chi connectivity index (χ2n) is 9.68. The van der Waals surface area contributed by atoms with E-state index in [1.165, 1.54) is 25.0 Å². The highest BCUT2D eigenvalue weighted by Gasteiger charge is 2.43. The molecule has 9 heteroatoms. The minimum Gasteiger partial charge on any atom is -0.497 e. The first-order valence-electron chi connectivity index (χ1n) is 12.5. The number of anilines is 1. The topological polar surface area (TPSA) is 92.6 Å². The first kappa shape index (κ1) is 24.4. The monoisotopic (exact) mass is 505 g/mol. The summed E-state index contributed by atoms with van der Waals surface area (Å²) >= 11 is 5.75. The van der Waals surface area contributed by atoms with Crippen LogP contribution in [0.5, 0.6) is 5.75 Å². The maximum absolute atomic E-state index is 11.0. The molecule has 8 nitrogen and oxygen atoms in total. The average molecular weight is 506 g/mol. The molecule has 3 aromatic rings. The van der Waals surface area contributed by atoms with Crippen LogP contribution in [0.15, 0.2) is 54.7 Å². The van der Waals surface area contributed by atoms with Crippen molar-refractivity contribution in [2.24, 2.45) is 11.8 Å². The standard InChI is InChI=1S/C27H31N5O3S/c1-3-17-16-31-13-11-18(17)14-25(31)26(22-10-12-28-24-9-8-21(35-2)15-23(22)24)30-27(36)29-19-4-6-20(7-5-19)32(33)34/h4-10,12,15,17-18,25-26H,3,11,13-14,16H2,1-2H3,(H2,29,30,36)/t17-,18-,25+,26-/m0/s1. The molecule has 0 spiro atoms. The van der Waals surface area contributed by atoms with Crippen LogP contribution >= 0.6 is 12.2 Å². The van der Waals surface area contributed by atoms with Crippen LogP contribution in [-0.2, 0) is 0 Å². The highest BCUT2D eigenvalue weighted by molar-refractivity contribution is 7.80. The smallest absolute Gasteiger partial charge is 0.269 e.